The van der Waals surface area contributed by atoms with Crippen LogP contribution >= 0.6 is 0 Å². The van der Waals surface area contributed by atoms with E-state index in [1.165, 1.54) is 0 Å². The van der Waals surface area contributed by atoms with Gasteiger partial charge in [-0.25, -0.2) is 4.98 Å². The highest BCUT2D eigenvalue weighted by Gasteiger charge is 2.36. The summed E-state index contributed by atoms with van der Waals surface area (Å²) < 4.78 is 2.09. The molecule has 2 aliphatic rings. The van der Waals surface area contributed by atoms with Gasteiger partial charge in [0, 0.05) is 37.9 Å². The number of hydrogen-bond donors (Lipinski definition) is 1. The molecule has 6 heteroatoms. The van der Waals surface area contributed by atoms with E-state index in [2.05, 4.69) is 9.55 Å². The molecule has 3 rings (SSSR count). The maximum atomic E-state index is 12.5. The van der Waals surface area contributed by atoms with Gasteiger partial charge in [-0.3, -0.25) is 9.59 Å². The molecule has 1 aliphatic carbocycles. The minimum Gasteiger partial charge on any atom is -0.481 e. The number of aromatic nitrogens is 2. The molecule has 6 nitrogen and oxygen atoms in total. The molecule has 0 radical (unpaired) electrons. The molecule has 1 aromatic heterocycles. The van der Waals surface area contributed by atoms with E-state index in [0.717, 1.165) is 38.9 Å². The van der Waals surface area contributed by atoms with Crippen LogP contribution in [0.5, 0.6) is 0 Å². The zero-order valence-corrected chi connectivity index (χ0v) is 12.7. The molecule has 2 atom stereocenters. The van der Waals surface area contributed by atoms with Gasteiger partial charge >= 0.3 is 5.97 Å². The van der Waals surface area contributed by atoms with E-state index >= 15 is 0 Å². The quantitative estimate of drug-likeness (QED) is 0.917. The molecule has 2 fully saturated rings. The summed E-state index contributed by atoms with van der Waals surface area (Å²) in [7, 11) is 0. The van der Waals surface area contributed by atoms with Crippen molar-refractivity contribution in [1.29, 1.82) is 0 Å². The van der Waals surface area contributed by atoms with Crippen LogP contribution < -0.4 is 0 Å². The maximum absolute atomic E-state index is 12.5. The average molecular weight is 305 g/mol. The highest BCUT2D eigenvalue weighted by Crippen LogP contribution is 2.33. The average Bonchev–Trinajstić information content (AvgIpc) is 3.18. The van der Waals surface area contributed by atoms with Crippen molar-refractivity contribution in [3.05, 3.63) is 18.7 Å². The molecule has 1 aliphatic heterocycles. The number of carboxylic acid groups (broad SMARTS) is 1. The van der Waals surface area contributed by atoms with Crippen LogP contribution in [-0.2, 0) is 16.1 Å². The molecule has 0 aromatic carbocycles. The Bertz CT molecular complexity index is 521. The molecule has 2 unspecified atom stereocenters. The number of likely N-dealkylation sites (tertiary alicyclic amines) is 1. The lowest BCUT2D eigenvalue weighted by molar-refractivity contribution is -0.141. The molecule has 22 heavy (non-hydrogen) atoms. The van der Waals surface area contributed by atoms with E-state index in [4.69, 9.17) is 5.11 Å². The van der Waals surface area contributed by atoms with Crippen LogP contribution in [0, 0.1) is 17.8 Å². The van der Waals surface area contributed by atoms with Crippen molar-refractivity contribution in [3.8, 4) is 0 Å². The zero-order chi connectivity index (χ0) is 15.5. The summed E-state index contributed by atoms with van der Waals surface area (Å²) in [6, 6.07) is 0. The van der Waals surface area contributed by atoms with Crippen LogP contribution in [0.1, 0.15) is 32.1 Å². The molecular formula is C16H23N3O3. The first kappa shape index (κ1) is 15.1. The second-order valence-corrected chi connectivity index (χ2v) is 6.57. The van der Waals surface area contributed by atoms with Crippen molar-refractivity contribution >= 4 is 11.9 Å². The molecule has 1 saturated carbocycles. The minimum atomic E-state index is -0.755. The number of amides is 1. The molecule has 120 valence electrons. The van der Waals surface area contributed by atoms with Crippen LogP contribution in [0.3, 0.4) is 0 Å². The molecule has 1 amide bonds. The first-order chi connectivity index (χ1) is 10.6. The lowest BCUT2D eigenvalue weighted by atomic mass is 9.95. The molecule has 1 saturated heterocycles. The third-order valence-electron chi connectivity index (χ3n) is 5.09. The second kappa shape index (κ2) is 6.50. The topological polar surface area (TPSA) is 75.4 Å². The SMILES string of the molecule is O=C(O)C1CCC(C(=O)N2CCC(Cn3ccnc3)CC2)C1. The number of hydrogen-bond acceptors (Lipinski definition) is 3. The third kappa shape index (κ3) is 3.31. The fraction of sp³-hybridized carbons (Fsp3) is 0.688. The van der Waals surface area contributed by atoms with Crippen LogP contribution in [0.15, 0.2) is 18.7 Å². The Morgan fingerprint density at radius 3 is 2.45 bits per heavy atom. The van der Waals surface area contributed by atoms with Gasteiger partial charge in [0.05, 0.1) is 12.2 Å². The number of nitrogens with zero attached hydrogens (tertiary/aromatic N) is 3. The fourth-order valence-electron chi connectivity index (χ4n) is 3.72. The normalized spacial score (nSPS) is 26.3. The van der Waals surface area contributed by atoms with Crippen LogP contribution in [0.25, 0.3) is 0 Å². The summed E-state index contributed by atoms with van der Waals surface area (Å²) in [5.41, 5.74) is 0. The van der Waals surface area contributed by atoms with Gasteiger partial charge in [-0.1, -0.05) is 0 Å². The van der Waals surface area contributed by atoms with Gasteiger partial charge in [0.25, 0.3) is 0 Å². The van der Waals surface area contributed by atoms with Crippen LogP contribution in [-0.4, -0.2) is 44.5 Å². The lowest BCUT2D eigenvalue weighted by Gasteiger charge is -2.33. The lowest BCUT2D eigenvalue weighted by Crippen LogP contribution is -2.42. The Labute approximate surface area is 130 Å². The van der Waals surface area contributed by atoms with Crippen LogP contribution in [0.4, 0.5) is 0 Å². The molecule has 0 bridgehead atoms. The summed E-state index contributed by atoms with van der Waals surface area (Å²) in [6.07, 6.45) is 9.51. The zero-order valence-electron chi connectivity index (χ0n) is 12.7. The van der Waals surface area contributed by atoms with Gasteiger partial charge in [-0.05, 0) is 38.0 Å². The van der Waals surface area contributed by atoms with Crippen molar-refractivity contribution in [2.45, 2.75) is 38.6 Å². The smallest absolute Gasteiger partial charge is 0.306 e. The summed E-state index contributed by atoms with van der Waals surface area (Å²) in [5.74, 6) is -0.396. The van der Waals surface area contributed by atoms with Gasteiger partial charge in [-0.2, -0.15) is 0 Å². The number of rotatable bonds is 4. The van der Waals surface area contributed by atoms with Crippen molar-refractivity contribution in [3.63, 3.8) is 0 Å². The van der Waals surface area contributed by atoms with Crippen molar-refractivity contribution < 1.29 is 14.7 Å². The Hall–Kier alpha value is -1.85. The van der Waals surface area contributed by atoms with Crippen molar-refractivity contribution in [2.75, 3.05) is 13.1 Å². The molecular weight excluding hydrogens is 282 g/mol. The Balaban J connectivity index is 1.47. The number of imidazole rings is 1. The largest absolute Gasteiger partial charge is 0.481 e. The van der Waals surface area contributed by atoms with E-state index in [9.17, 15) is 9.59 Å². The number of carboxylic acids is 1. The van der Waals surface area contributed by atoms with E-state index in [1.807, 2.05) is 17.4 Å². The standard InChI is InChI=1S/C16H23N3O3/c20-15(13-1-2-14(9-13)16(21)22)19-6-3-12(4-7-19)10-18-8-5-17-11-18/h5,8,11-14H,1-4,6-7,9-10H2,(H,21,22). The number of piperidine rings is 1. The van der Waals surface area contributed by atoms with Gasteiger partial charge in [0.2, 0.25) is 5.91 Å². The minimum absolute atomic E-state index is 0.0775. The molecule has 1 aromatic rings. The van der Waals surface area contributed by atoms with Gasteiger partial charge in [0.15, 0.2) is 0 Å². The molecule has 2 heterocycles. The number of carbonyl (C=O) groups excluding carboxylic acids is 1. The Kier molecular flexibility index (Phi) is 4.45. The third-order valence-corrected chi connectivity index (χ3v) is 5.09. The van der Waals surface area contributed by atoms with Gasteiger partial charge in [-0.15, -0.1) is 0 Å². The second-order valence-electron chi connectivity index (χ2n) is 6.57. The Morgan fingerprint density at radius 2 is 1.86 bits per heavy atom. The van der Waals surface area contributed by atoms with Crippen LogP contribution in [0.2, 0.25) is 0 Å². The summed E-state index contributed by atoms with van der Waals surface area (Å²) in [4.78, 5) is 29.5. The highest BCUT2D eigenvalue weighted by atomic mass is 16.4. The van der Waals surface area contributed by atoms with Gasteiger partial charge in [0.1, 0.15) is 0 Å². The fourth-order valence-corrected chi connectivity index (χ4v) is 3.72. The number of carbonyl (C=O) groups is 2. The number of aliphatic carboxylic acids is 1. The molecule has 0 spiro atoms. The molecule has 1 N–H and O–H groups in total. The van der Waals surface area contributed by atoms with E-state index in [-0.39, 0.29) is 17.7 Å². The first-order valence-electron chi connectivity index (χ1n) is 8.11. The summed E-state index contributed by atoms with van der Waals surface area (Å²) in [5, 5.41) is 9.05. The van der Waals surface area contributed by atoms with E-state index in [1.54, 1.807) is 6.20 Å². The van der Waals surface area contributed by atoms with E-state index in [0.29, 0.717) is 18.8 Å². The monoisotopic (exact) mass is 305 g/mol. The van der Waals surface area contributed by atoms with Crippen molar-refractivity contribution in [2.24, 2.45) is 17.8 Å². The summed E-state index contributed by atoms with van der Waals surface area (Å²) >= 11 is 0. The van der Waals surface area contributed by atoms with Crippen molar-refractivity contribution in [1.82, 2.24) is 14.5 Å². The highest BCUT2D eigenvalue weighted by molar-refractivity contribution is 5.81. The van der Waals surface area contributed by atoms with E-state index < -0.39 is 5.97 Å². The first-order valence-corrected chi connectivity index (χ1v) is 8.11. The predicted molar refractivity (Wildman–Crippen MR) is 80.0 cm³/mol. The van der Waals surface area contributed by atoms with Gasteiger partial charge < -0.3 is 14.6 Å². The Morgan fingerprint density at radius 1 is 1.14 bits per heavy atom. The predicted octanol–water partition coefficient (Wildman–Crippen LogP) is 1.62. The maximum Gasteiger partial charge on any atom is 0.306 e. The summed E-state index contributed by atoms with van der Waals surface area (Å²) in [6.45, 7) is 2.56.